The lowest BCUT2D eigenvalue weighted by Crippen LogP contribution is -2.15. The minimum absolute atomic E-state index is 0.0321. The van der Waals surface area contributed by atoms with Crippen molar-refractivity contribution in [3.63, 3.8) is 0 Å². The normalized spacial score (nSPS) is 10.2. The molecule has 6 heteroatoms. The summed E-state index contributed by atoms with van der Waals surface area (Å²) < 4.78 is 6.11. The van der Waals surface area contributed by atoms with E-state index in [4.69, 9.17) is 4.74 Å². The standard InChI is InChI=1S/C14H14N2O4/c1-2-20-14(19)11-8-15-16(12(11)13(17)18)9-10-6-4-3-5-7-10/h3-8H,2,9H2,1H3,(H,17,18). The van der Waals surface area contributed by atoms with Crippen LogP contribution in [0.2, 0.25) is 0 Å². The Morgan fingerprint density at radius 2 is 2.00 bits per heavy atom. The first kappa shape index (κ1) is 13.8. The molecule has 0 spiro atoms. The molecule has 0 fully saturated rings. The number of esters is 1. The number of ether oxygens (including phenoxy) is 1. The summed E-state index contributed by atoms with van der Waals surface area (Å²) >= 11 is 0. The third-order valence-corrected chi connectivity index (χ3v) is 2.71. The van der Waals surface area contributed by atoms with E-state index in [1.54, 1.807) is 6.92 Å². The SMILES string of the molecule is CCOC(=O)c1cnn(Cc2ccccc2)c1C(=O)O. The van der Waals surface area contributed by atoms with Crippen molar-refractivity contribution >= 4 is 11.9 Å². The molecule has 1 aromatic heterocycles. The second-order valence-electron chi connectivity index (χ2n) is 4.08. The quantitative estimate of drug-likeness (QED) is 0.841. The summed E-state index contributed by atoms with van der Waals surface area (Å²) in [7, 11) is 0. The Kier molecular flexibility index (Phi) is 4.14. The average molecular weight is 274 g/mol. The Bertz CT molecular complexity index is 619. The van der Waals surface area contributed by atoms with Crippen LogP contribution in [0, 0.1) is 0 Å². The van der Waals surface area contributed by atoms with Gasteiger partial charge >= 0.3 is 11.9 Å². The number of rotatable bonds is 5. The first-order valence-corrected chi connectivity index (χ1v) is 6.13. The topological polar surface area (TPSA) is 81.4 Å². The number of aromatic carboxylic acids is 1. The Labute approximate surface area is 115 Å². The number of nitrogens with zero attached hydrogens (tertiary/aromatic N) is 2. The fraction of sp³-hybridized carbons (Fsp3) is 0.214. The van der Waals surface area contributed by atoms with Gasteiger partial charge in [0.15, 0.2) is 5.69 Å². The Morgan fingerprint density at radius 3 is 2.60 bits per heavy atom. The lowest BCUT2D eigenvalue weighted by molar-refractivity contribution is 0.0513. The van der Waals surface area contributed by atoms with Gasteiger partial charge in [-0.05, 0) is 12.5 Å². The summed E-state index contributed by atoms with van der Waals surface area (Å²) in [5, 5.41) is 13.2. The Hall–Kier alpha value is -2.63. The maximum absolute atomic E-state index is 11.7. The predicted octanol–water partition coefficient (Wildman–Crippen LogP) is 1.81. The van der Waals surface area contributed by atoms with Crippen molar-refractivity contribution in [2.75, 3.05) is 6.61 Å². The molecule has 1 N–H and O–H groups in total. The molecule has 0 aliphatic carbocycles. The zero-order valence-electron chi connectivity index (χ0n) is 10.9. The molecule has 0 amide bonds. The van der Waals surface area contributed by atoms with Crippen molar-refractivity contribution in [3.8, 4) is 0 Å². The third-order valence-electron chi connectivity index (χ3n) is 2.71. The van der Waals surface area contributed by atoms with Crippen molar-refractivity contribution in [2.45, 2.75) is 13.5 Å². The smallest absolute Gasteiger partial charge is 0.355 e. The summed E-state index contributed by atoms with van der Waals surface area (Å²) in [5.41, 5.74) is 0.705. The minimum Gasteiger partial charge on any atom is -0.476 e. The lowest BCUT2D eigenvalue weighted by atomic mass is 10.2. The third kappa shape index (κ3) is 2.85. The van der Waals surface area contributed by atoms with E-state index < -0.39 is 11.9 Å². The largest absolute Gasteiger partial charge is 0.476 e. The molecule has 104 valence electrons. The van der Waals surface area contributed by atoms with E-state index in [0.29, 0.717) is 0 Å². The highest BCUT2D eigenvalue weighted by Gasteiger charge is 2.23. The molecule has 2 rings (SSSR count). The summed E-state index contributed by atoms with van der Waals surface area (Å²) in [6.45, 7) is 2.12. The fourth-order valence-corrected chi connectivity index (χ4v) is 1.85. The number of carboxylic acid groups (broad SMARTS) is 1. The van der Waals surface area contributed by atoms with Crippen LogP contribution in [-0.4, -0.2) is 33.4 Å². The van der Waals surface area contributed by atoms with Crippen LogP contribution in [-0.2, 0) is 11.3 Å². The molecule has 1 aromatic carbocycles. The lowest BCUT2D eigenvalue weighted by Gasteiger charge is -2.06. The van der Waals surface area contributed by atoms with Crippen LogP contribution in [0.4, 0.5) is 0 Å². The van der Waals surface area contributed by atoms with Crippen LogP contribution >= 0.6 is 0 Å². The molecule has 6 nitrogen and oxygen atoms in total. The molecular formula is C14H14N2O4. The van der Waals surface area contributed by atoms with Crippen LogP contribution in [0.5, 0.6) is 0 Å². The second-order valence-corrected chi connectivity index (χ2v) is 4.08. The molecule has 2 aromatic rings. The molecule has 0 saturated carbocycles. The highest BCUT2D eigenvalue weighted by Crippen LogP contribution is 2.13. The van der Waals surface area contributed by atoms with Crippen LogP contribution in [0.3, 0.4) is 0 Å². The van der Waals surface area contributed by atoms with Gasteiger partial charge < -0.3 is 9.84 Å². The zero-order chi connectivity index (χ0) is 14.5. The number of hydrogen-bond acceptors (Lipinski definition) is 4. The van der Waals surface area contributed by atoms with Crippen molar-refractivity contribution in [1.29, 1.82) is 0 Å². The van der Waals surface area contributed by atoms with Crippen LogP contribution < -0.4 is 0 Å². The van der Waals surface area contributed by atoms with E-state index in [1.807, 2.05) is 30.3 Å². The molecule has 0 aliphatic rings. The van der Waals surface area contributed by atoms with E-state index in [-0.39, 0.29) is 24.4 Å². The van der Waals surface area contributed by atoms with Gasteiger partial charge in [0, 0.05) is 0 Å². The van der Waals surface area contributed by atoms with Gasteiger partial charge in [-0.3, -0.25) is 4.68 Å². The molecule has 1 heterocycles. The van der Waals surface area contributed by atoms with Crippen molar-refractivity contribution in [1.82, 2.24) is 9.78 Å². The van der Waals surface area contributed by atoms with Crippen molar-refractivity contribution < 1.29 is 19.4 Å². The summed E-state index contributed by atoms with van der Waals surface area (Å²) in [6.07, 6.45) is 1.23. The summed E-state index contributed by atoms with van der Waals surface area (Å²) in [5.74, 6) is -1.88. The second kappa shape index (κ2) is 6.01. The Morgan fingerprint density at radius 1 is 1.30 bits per heavy atom. The molecule has 20 heavy (non-hydrogen) atoms. The van der Waals surface area contributed by atoms with Gasteiger partial charge in [0.25, 0.3) is 0 Å². The fourth-order valence-electron chi connectivity index (χ4n) is 1.85. The van der Waals surface area contributed by atoms with E-state index in [1.165, 1.54) is 10.9 Å². The minimum atomic E-state index is -1.21. The van der Waals surface area contributed by atoms with E-state index >= 15 is 0 Å². The molecule has 0 radical (unpaired) electrons. The van der Waals surface area contributed by atoms with Crippen LogP contribution in [0.15, 0.2) is 36.5 Å². The predicted molar refractivity (Wildman–Crippen MR) is 70.7 cm³/mol. The van der Waals surface area contributed by atoms with Gasteiger partial charge in [-0.25, -0.2) is 9.59 Å². The number of carbonyl (C=O) groups is 2. The molecule has 0 unspecified atom stereocenters. The number of carbonyl (C=O) groups excluding carboxylic acids is 1. The monoisotopic (exact) mass is 274 g/mol. The van der Waals surface area contributed by atoms with Gasteiger partial charge in [-0.15, -0.1) is 0 Å². The maximum atomic E-state index is 11.7. The van der Waals surface area contributed by atoms with Gasteiger partial charge in [-0.1, -0.05) is 30.3 Å². The number of benzene rings is 1. The average Bonchev–Trinajstić information content (AvgIpc) is 2.84. The van der Waals surface area contributed by atoms with E-state index in [0.717, 1.165) is 5.56 Å². The van der Waals surface area contributed by atoms with Crippen LogP contribution in [0.25, 0.3) is 0 Å². The van der Waals surface area contributed by atoms with Gasteiger partial charge in [0.2, 0.25) is 0 Å². The number of carboxylic acids is 1. The van der Waals surface area contributed by atoms with Crippen molar-refractivity contribution in [3.05, 3.63) is 53.3 Å². The highest BCUT2D eigenvalue weighted by molar-refractivity contribution is 6.01. The summed E-state index contributed by atoms with van der Waals surface area (Å²) in [4.78, 5) is 23.0. The molecule has 0 bridgehead atoms. The zero-order valence-corrected chi connectivity index (χ0v) is 10.9. The van der Waals surface area contributed by atoms with Crippen molar-refractivity contribution in [2.24, 2.45) is 0 Å². The number of hydrogen-bond donors (Lipinski definition) is 1. The highest BCUT2D eigenvalue weighted by atomic mass is 16.5. The first-order valence-electron chi connectivity index (χ1n) is 6.13. The molecule has 0 aliphatic heterocycles. The van der Waals surface area contributed by atoms with E-state index in [9.17, 15) is 14.7 Å². The van der Waals surface area contributed by atoms with Crippen LogP contribution in [0.1, 0.15) is 33.3 Å². The summed E-state index contributed by atoms with van der Waals surface area (Å²) in [6, 6.07) is 9.29. The first-order chi connectivity index (χ1) is 9.63. The Balaban J connectivity index is 2.35. The van der Waals surface area contributed by atoms with Gasteiger partial charge in [0.1, 0.15) is 5.56 Å². The van der Waals surface area contributed by atoms with Gasteiger partial charge in [0.05, 0.1) is 19.3 Å². The van der Waals surface area contributed by atoms with E-state index in [2.05, 4.69) is 5.10 Å². The maximum Gasteiger partial charge on any atom is 0.355 e. The number of aromatic nitrogens is 2. The molecule has 0 saturated heterocycles. The molecule has 0 atom stereocenters. The molecular weight excluding hydrogens is 260 g/mol. The van der Waals surface area contributed by atoms with Gasteiger partial charge in [-0.2, -0.15) is 5.10 Å².